The number of carbonyl (C=O) groups excluding carboxylic acids is 1. The summed E-state index contributed by atoms with van der Waals surface area (Å²) in [6.45, 7) is 2.53. The molecule has 1 saturated carbocycles. The van der Waals surface area contributed by atoms with Crippen molar-refractivity contribution in [2.75, 3.05) is 13.1 Å². The van der Waals surface area contributed by atoms with Crippen molar-refractivity contribution in [1.82, 2.24) is 4.90 Å². The summed E-state index contributed by atoms with van der Waals surface area (Å²) >= 11 is 0. The van der Waals surface area contributed by atoms with E-state index in [1.54, 1.807) is 11.8 Å². The number of rotatable bonds is 3. The van der Waals surface area contributed by atoms with Gasteiger partial charge in [-0.25, -0.2) is 4.79 Å². The lowest BCUT2D eigenvalue weighted by atomic mass is 9.86. The van der Waals surface area contributed by atoms with Crippen LogP contribution in [-0.2, 0) is 9.59 Å². The molecule has 1 atom stereocenters. The van der Waals surface area contributed by atoms with Gasteiger partial charge in [0, 0.05) is 13.1 Å². The highest BCUT2D eigenvalue weighted by Gasteiger charge is 2.55. The summed E-state index contributed by atoms with van der Waals surface area (Å²) < 4.78 is 0. The maximum Gasteiger partial charge on any atom is 0.329 e. The normalized spacial score (nSPS) is 31.1. The molecule has 1 amide bonds. The summed E-state index contributed by atoms with van der Waals surface area (Å²) in [7, 11) is 0. The second-order valence-corrected chi connectivity index (χ2v) is 5.48. The van der Waals surface area contributed by atoms with Crippen LogP contribution in [0.2, 0.25) is 0 Å². The summed E-state index contributed by atoms with van der Waals surface area (Å²) in [5.74, 6) is -0.956. The second-order valence-electron chi connectivity index (χ2n) is 5.48. The lowest BCUT2D eigenvalue weighted by Gasteiger charge is -2.43. The van der Waals surface area contributed by atoms with E-state index >= 15 is 0 Å². The third kappa shape index (κ3) is 1.82. The van der Waals surface area contributed by atoms with Crippen LogP contribution in [0.4, 0.5) is 0 Å². The van der Waals surface area contributed by atoms with Crippen molar-refractivity contribution in [3.8, 4) is 0 Å². The predicted molar refractivity (Wildman–Crippen MR) is 62.3 cm³/mol. The Kier molecular flexibility index (Phi) is 2.89. The van der Waals surface area contributed by atoms with E-state index < -0.39 is 16.9 Å². The number of piperidine rings is 1. The molecule has 1 aliphatic heterocycles. The number of carboxylic acids is 1. The number of likely N-dealkylation sites (tertiary alicyclic amines) is 1. The van der Waals surface area contributed by atoms with Crippen molar-refractivity contribution in [3.05, 3.63) is 0 Å². The summed E-state index contributed by atoms with van der Waals surface area (Å²) in [5, 5.41) is 9.35. The van der Waals surface area contributed by atoms with Gasteiger partial charge in [0.05, 0.1) is 5.41 Å². The largest absolute Gasteiger partial charge is 0.480 e. The van der Waals surface area contributed by atoms with E-state index in [1.807, 2.05) is 0 Å². The van der Waals surface area contributed by atoms with Crippen LogP contribution in [0.5, 0.6) is 0 Å². The zero-order chi connectivity index (χ0) is 12.7. The van der Waals surface area contributed by atoms with Crippen molar-refractivity contribution in [2.24, 2.45) is 11.1 Å². The van der Waals surface area contributed by atoms with Gasteiger partial charge in [-0.2, -0.15) is 0 Å². The molecule has 0 aromatic rings. The minimum atomic E-state index is -1.04. The first-order valence-corrected chi connectivity index (χ1v) is 6.22. The molecule has 96 valence electrons. The standard InChI is InChI=1S/C12H20N2O3/c1-11(10(16)17)4-2-3-7-14(11)9(15)12(8-13)5-6-12/h2-8,13H2,1H3,(H,16,17). The molecule has 0 bridgehead atoms. The topological polar surface area (TPSA) is 83.6 Å². The molecule has 2 aliphatic rings. The van der Waals surface area contributed by atoms with Gasteiger partial charge >= 0.3 is 5.97 Å². The minimum absolute atomic E-state index is 0.0513. The van der Waals surface area contributed by atoms with Crippen LogP contribution in [0.15, 0.2) is 0 Å². The van der Waals surface area contributed by atoms with E-state index in [4.69, 9.17) is 5.73 Å². The van der Waals surface area contributed by atoms with Crippen LogP contribution >= 0.6 is 0 Å². The van der Waals surface area contributed by atoms with E-state index in [0.717, 1.165) is 25.7 Å². The Labute approximate surface area is 101 Å². The van der Waals surface area contributed by atoms with E-state index in [-0.39, 0.29) is 5.91 Å². The fraction of sp³-hybridized carbons (Fsp3) is 0.833. The number of nitrogens with two attached hydrogens (primary N) is 1. The quantitative estimate of drug-likeness (QED) is 0.756. The molecule has 3 N–H and O–H groups in total. The number of amides is 1. The van der Waals surface area contributed by atoms with Crippen LogP contribution in [0.25, 0.3) is 0 Å². The minimum Gasteiger partial charge on any atom is -0.480 e. The fourth-order valence-corrected chi connectivity index (χ4v) is 2.61. The third-order valence-electron chi connectivity index (χ3n) is 4.29. The van der Waals surface area contributed by atoms with E-state index in [0.29, 0.717) is 19.5 Å². The Bertz CT molecular complexity index is 352. The SMILES string of the molecule is CC1(C(=O)O)CCCCN1C(=O)C1(CN)CC1. The van der Waals surface area contributed by atoms with E-state index in [9.17, 15) is 14.7 Å². The maximum absolute atomic E-state index is 12.4. The lowest BCUT2D eigenvalue weighted by Crippen LogP contribution is -2.59. The number of hydrogen-bond acceptors (Lipinski definition) is 3. The van der Waals surface area contributed by atoms with E-state index in [1.165, 1.54) is 0 Å². The molecular weight excluding hydrogens is 220 g/mol. The Morgan fingerprint density at radius 2 is 1.94 bits per heavy atom. The first kappa shape index (κ1) is 12.4. The van der Waals surface area contributed by atoms with Crippen molar-refractivity contribution in [3.63, 3.8) is 0 Å². The number of carbonyl (C=O) groups is 2. The molecule has 1 heterocycles. The van der Waals surface area contributed by atoms with Crippen molar-refractivity contribution in [1.29, 1.82) is 0 Å². The molecule has 0 aromatic heterocycles. The summed E-state index contributed by atoms with van der Waals surface area (Å²) in [4.78, 5) is 25.4. The van der Waals surface area contributed by atoms with Crippen molar-refractivity contribution in [2.45, 2.75) is 44.6 Å². The first-order valence-electron chi connectivity index (χ1n) is 6.22. The Morgan fingerprint density at radius 1 is 1.29 bits per heavy atom. The molecule has 0 radical (unpaired) electrons. The number of hydrogen-bond donors (Lipinski definition) is 2. The molecular formula is C12H20N2O3. The number of carboxylic acid groups (broad SMARTS) is 1. The Morgan fingerprint density at radius 3 is 2.41 bits per heavy atom. The zero-order valence-corrected chi connectivity index (χ0v) is 10.2. The van der Waals surface area contributed by atoms with Gasteiger partial charge in [0.15, 0.2) is 0 Å². The predicted octanol–water partition coefficient (Wildman–Crippen LogP) is 0.581. The first-order chi connectivity index (χ1) is 7.96. The van der Waals surface area contributed by atoms with Crippen molar-refractivity contribution < 1.29 is 14.7 Å². The highest BCUT2D eigenvalue weighted by molar-refractivity contribution is 5.91. The highest BCUT2D eigenvalue weighted by Crippen LogP contribution is 2.48. The van der Waals surface area contributed by atoms with Gasteiger partial charge in [-0.3, -0.25) is 4.79 Å². The molecule has 1 saturated heterocycles. The molecule has 1 unspecified atom stereocenters. The van der Waals surface area contributed by atoms with Gasteiger partial charge in [-0.05, 0) is 39.0 Å². The van der Waals surface area contributed by atoms with Gasteiger partial charge in [-0.15, -0.1) is 0 Å². The summed E-state index contributed by atoms with van der Waals surface area (Å²) in [5.41, 5.74) is 4.15. The molecule has 2 rings (SSSR count). The van der Waals surface area contributed by atoms with Crippen LogP contribution in [0.3, 0.4) is 0 Å². The number of aliphatic carboxylic acids is 1. The monoisotopic (exact) mass is 240 g/mol. The summed E-state index contributed by atoms with van der Waals surface area (Å²) in [6, 6.07) is 0. The number of nitrogens with zero attached hydrogens (tertiary/aromatic N) is 1. The van der Waals surface area contributed by atoms with Gasteiger partial charge in [-0.1, -0.05) is 0 Å². The van der Waals surface area contributed by atoms with Crippen LogP contribution < -0.4 is 5.73 Å². The zero-order valence-electron chi connectivity index (χ0n) is 10.2. The highest BCUT2D eigenvalue weighted by atomic mass is 16.4. The molecule has 17 heavy (non-hydrogen) atoms. The molecule has 5 heteroatoms. The third-order valence-corrected chi connectivity index (χ3v) is 4.29. The van der Waals surface area contributed by atoms with Crippen LogP contribution in [0, 0.1) is 5.41 Å². The van der Waals surface area contributed by atoms with Crippen LogP contribution in [-0.4, -0.2) is 40.5 Å². The second kappa shape index (κ2) is 3.98. The Balaban J connectivity index is 2.23. The molecule has 1 aliphatic carbocycles. The van der Waals surface area contributed by atoms with Crippen molar-refractivity contribution >= 4 is 11.9 Å². The molecule has 0 spiro atoms. The molecule has 5 nitrogen and oxygen atoms in total. The lowest BCUT2D eigenvalue weighted by molar-refractivity contribution is -0.163. The van der Waals surface area contributed by atoms with Gasteiger partial charge < -0.3 is 15.7 Å². The van der Waals surface area contributed by atoms with Gasteiger partial charge in [0.1, 0.15) is 5.54 Å². The fourth-order valence-electron chi connectivity index (χ4n) is 2.61. The molecule has 0 aromatic carbocycles. The van der Waals surface area contributed by atoms with Gasteiger partial charge in [0.25, 0.3) is 0 Å². The molecule has 2 fully saturated rings. The summed E-state index contributed by atoms with van der Waals surface area (Å²) in [6.07, 6.45) is 3.88. The van der Waals surface area contributed by atoms with Gasteiger partial charge in [0.2, 0.25) is 5.91 Å². The Hall–Kier alpha value is -1.10. The van der Waals surface area contributed by atoms with Crippen LogP contribution in [0.1, 0.15) is 39.0 Å². The average Bonchev–Trinajstić information content (AvgIpc) is 3.09. The maximum atomic E-state index is 12.4. The smallest absolute Gasteiger partial charge is 0.329 e. The van der Waals surface area contributed by atoms with E-state index in [2.05, 4.69) is 0 Å². The average molecular weight is 240 g/mol.